The third-order valence-corrected chi connectivity index (χ3v) is 3.99. The number of hydrogen-bond acceptors (Lipinski definition) is 2. The second-order valence-corrected chi connectivity index (χ2v) is 5.95. The van der Waals surface area contributed by atoms with E-state index in [1.165, 1.54) is 18.2 Å². The molecule has 6 heteroatoms. The van der Waals surface area contributed by atoms with Crippen molar-refractivity contribution in [1.82, 2.24) is 0 Å². The summed E-state index contributed by atoms with van der Waals surface area (Å²) in [7, 11) is 0. The molecular formula is C15H13Cl3FNO. The van der Waals surface area contributed by atoms with Gasteiger partial charge in [0.2, 0.25) is 0 Å². The first-order valence-electron chi connectivity index (χ1n) is 6.17. The molecule has 2 aromatic carbocycles. The van der Waals surface area contributed by atoms with Crippen LogP contribution in [0.2, 0.25) is 15.1 Å². The fourth-order valence-corrected chi connectivity index (χ4v) is 2.39. The standard InChI is InChI=1S/C15H13Cl3FNO/c1-7-3-14(9(8(2)20)4-13(7)19)21-15-6-11(17)10(16)5-12(15)18/h3-6,8H,20H2,1-2H3/t8-/m0/s1. The van der Waals surface area contributed by atoms with E-state index in [2.05, 4.69) is 0 Å². The highest BCUT2D eigenvalue weighted by Crippen LogP contribution is 2.38. The Morgan fingerprint density at radius 2 is 1.62 bits per heavy atom. The molecule has 0 saturated carbocycles. The Morgan fingerprint density at radius 3 is 2.24 bits per heavy atom. The van der Waals surface area contributed by atoms with Crippen LogP contribution in [0.1, 0.15) is 24.1 Å². The van der Waals surface area contributed by atoms with Crippen LogP contribution >= 0.6 is 34.8 Å². The number of halogens is 4. The number of rotatable bonds is 3. The van der Waals surface area contributed by atoms with Gasteiger partial charge in [0.05, 0.1) is 15.1 Å². The fraction of sp³-hybridized carbons (Fsp3) is 0.200. The van der Waals surface area contributed by atoms with Gasteiger partial charge >= 0.3 is 0 Å². The first kappa shape index (κ1) is 16.4. The SMILES string of the molecule is Cc1cc(Oc2cc(Cl)c(Cl)cc2Cl)c([C@H](C)N)cc1F. The molecule has 0 fully saturated rings. The van der Waals surface area contributed by atoms with Crippen molar-refractivity contribution in [1.29, 1.82) is 0 Å². The molecule has 0 bridgehead atoms. The molecule has 2 N–H and O–H groups in total. The van der Waals surface area contributed by atoms with Crippen LogP contribution in [0.25, 0.3) is 0 Å². The van der Waals surface area contributed by atoms with Gasteiger partial charge in [-0.2, -0.15) is 0 Å². The minimum absolute atomic E-state index is 0.307. The summed E-state index contributed by atoms with van der Waals surface area (Å²) in [5.41, 5.74) is 6.84. The maximum absolute atomic E-state index is 13.7. The van der Waals surface area contributed by atoms with Crippen LogP contribution < -0.4 is 10.5 Å². The molecule has 1 atom stereocenters. The third kappa shape index (κ3) is 3.61. The van der Waals surface area contributed by atoms with Gasteiger partial charge in [-0.25, -0.2) is 4.39 Å². The molecule has 0 aliphatic carbocycles. The van der Waals surface area contributed by atoms with E-state index >= 15 is 0 Å². The molecule has 0 unspecified atom stereocenters. The van der Waals surface area contributed by atoms with E-state index in [9.17, 15) is 4.39 Å². The zero-order valence-electron chi connectivity index (χ0n) is 11.4. The van der Waals surface area contributed by atoms with Crippen molar-refractivity contribution in [3.8, 4) is 11.5 Å². The Hall–Kier alpha value is -1.00. The fourth-order valence-electron chi connectivity index (χ4n) is 1.82. The minimum atomic E-state index is -0.392. The molecule has 112 valence electrons. The Bertz CT molecular complexity index is 689. The number of ether oxygens (including phenoxy) is 1. The molecular weight excluding hydrogens is 336 g/mol. The van der Waals surface area contributed by atoms with Crippen LogP contribution in [-0.4, -0.2) is 0 Å². The quantitative estimate of drug-likeness (QED) is 0.700. The predicted octanol–water partition coefficient (Wildman–Crippen LogP) is 5.91. The molecule has 0 heterocycles. The topological polar surface area (TPSA) is 35.2 Å². The lowest BCUT2D eigenvalue weighted by Crippen LogP contribution is -2.08. The number of nitrogens with two attached hydrogens (primary N) is 1. The summed E-state index contributed by atoms with van der Waals surface area (Å²) < 4.78 is 19.4. The van der Waals surface area contributed by atoms with E-state index in [0.29, 0.717) is 37.7 Å². The average molecular weight is 349 g/mol. The molecule has 0 spiro atoms. The number of benzene rings is 2. The largest absolute Gasteiger partial charge is 0.455 e. The minimum Gasteiger partial charge on any atom is -0.455 e. The number of aryl methyl sites for hydroxylation is 1. The van der Waals surface area contributed by atoms with Gasteiger partial charge in [0.1, 0.15) is 17.3 Å². The van der Waals surface area contributed by atoms with Crippen molar-refractivity contribution in [2.75, 3.05) is 0 Å². The zero-order valence-corrected chi connectivity index (χ0v) is 13.7. The first-order chi connectivity index (χ1) is 9.79. The van der Waals surface area contributed by atoms with Crippen molar-refractivity contribution in [2.24, 2.45) is 5.73 Å². The predicted molar refractivity (Wildman–Crippen MR) is 85.3 cm³/mol. The summed E-state index contributed by atoms with van der Waals surface area (Å²) in [6.07, 6.45) is 0. The van der Waals surface area contributed by atoms with Crippen LogP contribution in [-0.2, 0) is 0 Å². The molecule has 2 nitrogen and oxygen atoms in total. The van der Waals surface area contributed by atoms with E-state index in [-0.39, 0.29) is 5.82 Å². The Labute approximate surface area is 137 Å². The smallest absolute Gasteiger partial charge is 0.147 e. The molecule has 0 aromatic heterocycles. The lowest BCUT2D eigenvalue weighted by molar-refractivity contribution is 0.468. The van der Waals surface area contributed by atoms with Gasteiger partial charge in [-0.15, -0.1) is 0 Å². The Kier molecular flexibility index (Phi) is 4.99. The molecule has 0 radical (unpaired) electrons. The van der Waals surface area contributed by atoms with E-state index in [1.54, 1.807) is 19.9 Å². The molecule has 0 amide bonds. The maximum Gasteiger partial charge on any atom is 0.147 e. The van der Waals surface area contributed by atoms with Crippen LogP contribution in [0.15, 0.2) is 24.3 Å². The van der Waals surface area contributed by atoms with Gasteiger partial charge in [0.15, 0.2) is 0 Å². The molecule has 0 saturated heterocycles. The van der Waals surface area contributed by atoms with Gasteiger partial charge in [-0.3, -0.25) is 0 Å². The second kappa shape index (κ2) is 6.41. The summed E-state index contributed by atoms with van der Waals surface area (Å²) >= 11 is 17.9. The lowest BCUT2D eigenvalue weighted by Gasteiger charge is -2.16. The molecule has 2 aromatic rings. The van der Waals surface area contributed by atoms with Crippen molar-refractivity contribution in [3.05, 3.63) is 56.3 Å². The summed E-state index contributed by atoms with van der Waals surface area (Å²) in [5, 5.41) is 0.955. The average Bonchev–Trinajstić information content (AvgIpc) is 2.39. The van der Waals surface area contributed by atoms with Gasteiger partial charge in [0, 0.05) is 17.7 Å². The van der Waals surface area contributed by atoms with E-state index in [4.69, 9.17) is 45.3 Å². The second-order valence-electron chi connectivity index (χ2n) is 4.73. The van der Waals surface area contributed by atoms with Crippen LogP contribution in [0.4, 0.5) is 4.39 Å². The van der Waals surface area contributed by atoms with Crippen LogP contribution in [0.5, 0.6) is 11.5 Å². The van der Waals surface area contributed by atoms with Crippen molar-refractivity contribution >= 4 is 34.8 Å². The summed E-state index contributed by atoms with van der Waals surface area (Å²) in [5.74, 6) is 0.429. The van der Waals surface area contributed by atoms with Crippen molar-refractivity contribution < 1.29 is 9.13 Å². The summed E-state index contributed by atoms with van der Waals surface area (Å²) in [6.45, 7) is 3.39. The molecule has 0 aliphatic rings. The summed E-state index contributed by atoms with van der Waals surface area (Å²) in [6, 6.07) is 5.54. The summed E-state index contributed by atoms with van der Waals surface area (Å²) in [4.78, 5) is 0. The van der Waals surface area contributed by atoms with Crippen molar-refractivity contribution in [2.45, 2.75) is 19.9 Å². The zero-order chi connectivity index (χ0) is 15.7. The molecule has 0 aliphatic heterocycles. The third-order valence-electron chi connectivity index (χ3n) is 2.98. The van der Waals surface area contributed by atoms with Gasteiger partial charge < -0.3 is 10.5 Å². The van der Waals surface area contributed by atoms with E-state index < -0.39 is 6.04 Å². The van der Waals surface area contributed by atoms with Crippen LogP contribution in [0, 0.1) is 12.7 Å². The number of hydrogen-bond donors (Lipinski definition) is 1. The molecule has 21 heavy (non-hydrogen) atoms. The Morgan fingerprint density at radius 1 is 1.00 bits per heavy atom. The Balaban J connectivity index is 2.48. The van der Waals surface area contributed by atoms with Crippen LogP contribution in [0.3, 0.4) is 0 Å². The van der Waals surface area contributed by atoms with Gasteiger partial charge in [0.25, 0.3) is 0 Å². The van der Waals surface area contributed by atoms with E-state index in [0.717, 1.165) is 0 Å². The highest BCUT2D eigenvalue weighted by atomic mass is 35.5. The highest BCUT2D eigenvalue weighted by molar-refractivity contribution is 6.43. The van der Waals surface area contributed by atoms with Gasteiger partial charge in [-0.05, 0) is 37.6 Å². The normalized spacial score (nSPS) is 12.3. The maximum atomic E-state index is 13.7. The lowest BCUT2D eigenvalue weighted by atomic mass is 10.1. The van der Waals surface area contributed by atoms with E-state index in [1.807, 2.05) is 0 Å². The van der Waals surface area contributed by atoms with Gasteiger partial charge in [-0.1, -0.05) is 34.8 Å². The molecule has 2 rings (SSSR count). The monoisotopic (exact) mass is 347 g/mol. The highest BCUT2D eigenvalue weighted by Gasteiger charge is 2.15. The first-order valence-corrected chi connectivity index (χ1v) is 7.31. The van der Waals surface area contributed by atoms with Crippen molar-refractivity contribution in [3.63, 3.8) is 0 Å².